The van der Waals surface area contributed by atoms with Crippen LogP contribution in [0.1, 0.15) is 11.3 Å². The third-order valence-electron chi connectivity index (χ3n) is 3.74. The van der Waals surface area contributed by atoms with E-state index in [2.05, 4.69) is 4.98 Å². The van der Waals surface area contributed by atoms with E-state index in [9.17, 15) is 5.11 Å². The number of fused-ring (bicyclic) bond motifs is 2. The number of pyridine rings is 1. The summed E-state index contributed by atoms with van der Waals surface area (Å²) in [5, 5.41) is 9.73. The van der Waals surface area contributed by atoms with E-state index in [1.54, 1.807) is 0 Å². The number of aromatic nitrogens is 2. The molecule has 1 aliphatic heterocycles. The van der Waals surface area contributed by atoms with Crippen LogP contribution in [0.15, 0.2) is 36.5 Å². The number of aliphatic hydroxyl groups is 1. The lowest BCUT2D eigenvalue weighted by Gasteiger charge is -2.03. The van der Waals surface area contributed by atoms with E-state index in [0.29, 0.717) is 5.75 Å². The van der Waals surface area contributed by atoms with Crippen molar-refractivity contribution in [1.82, 2.24) is 9.38 Å². The van der Waals surface area contributed by atoms with Crippen LogP contribution in [0.4, 0.5) is 0 Å². The van der Waals surface area contributed by atoms with Gasteiger partial charge in [0.1, 0.15) is 5.65 Å². The molecule has 106 valence electrons. The smallest absolute Gasteiger partial charge is 0.231 e. The molecule has 0 amide bonds. The SMILES string of the molecule is Cc1cccn2c(CO)c(-c3ccc4c(c3)OCO4)nc12. The molecule has 0 saturated carbocycles. The lowest BCUT2D eigenvalue weighted by Crippen LogP contribution is -1.94. The van der Waals surface area contributed by atoms with Gasteiger partial charge < -0.3 is 19.0 Å². The second kappa shape index (κ2) is 4.49. The fourth-order valence-electron chi connectivity index (χ4n) is 2.68. The Morgan fingerprint density at radius 1 is 1.24 bits per heavy atom. The summed E-state index contributed by atoms with van der Waals surface area (Å²) in [6, 6.07) is 9.66. The molecule has 0 unspecified atom stereocenters. The summed E-state index contributed by atoms with van der Waals surface area (Å²) in [6.45, 7) is 2.18. The molecular weight excluding hydrogens is 268 g/mol. The maximum atomic E-state index is 9.73. The van der Waals surface area contributed by atoms with Crippen molar-refractivity contribution in [3.05, 3.63) is 47.8 Å². The first-order chi connectivity index (χ1) is 10.3. The summed E-state index contributed by atoms with van der Waals surface area (Å²) in [7, 11) is 0. The Morgan fingerprint density at radius 3 is 2.95 bits per heavy atom. The minimum atomic E-state index is -0.0750. The Bertz CT molecular complexity index is 839. The van der Waals surface area contributed by atoms with Gasteiger partial charge in [-0.1, -0.05) is 6.07 Å². The molecule has 0 saturated heterocycles. The van der Waals surface area contributed by atoms with Gasteiger partial charge in [0.05, 0.1) is 18.0 Å². The lowest BCUT2D eigenvalue weighted by molar-refractivity contribution is 0.174. The van der Waals surface area contributed by atoms with E-state index in [4.69, 9.17) is 9.47 Å². The highest BCUT2D eigenvalue weighted by atomic mass is 16.7. The Hall–Kier alpha value is -2.53. The van der Waals surface area contributed by atoms with Crippen LogP contribution in [0.5, 0.6) is 11.5 Å². The molecule has 0 fully saturated rings. The molecule has 1 N–H and O–H groups in total. The molecule has 1 aliphatic rings. The first-order valence-electron chi connectivity index (χ1n) is 6.75. The van der Waals surface area contributed by atoms with Crippen molar-refractivity contribution in [2.75, 3.05) is 6.79 Å². The van der Waals surface area contributed by atoms with Gasteiger partial charge in [0.15, 0.2) is 11.5 Å². The quantitative estimate of drug-likeness (QED) is 0.784. The van der Waals surface area contributed by atoms with Crippen LogP contribution in [-0.2, 0) is 6.61 Å². The van der Waals surface area contributed by atoms with Crippen molar-refractivity contribution in [2.24, 2.45) is 0 Å². The largest absolute Gasteiger partial charge is 0.454 e. The molecule has 5 nitrogen and oxygen atoms in total. The molecular formula is C16H14N2O3. The van der Waals surface area contributed by atoms with Gasteiger partial charge in [-0.3, -0.25) is 0 Å². The number of hydrogen-bond donors (Lipinski definition) is 1. The molecule has 0 radical (unpaired) electrons. The second-order valence-corrected chi connectivity index (χ2v) is 5.02. The average Bonchev–Trinajstić information content (AvgIpc) is 3.10. The summed E-state index contributed by atoms with van der Waals surface area (Å²) < 4.78 is 12.7. The summed E-state index contributed by atoms with van der Waals surface area (Å²) >= 11 is 0. The second-order valence-electron chi connectivity index (χ2n) is 5.02. The molecule has 0 spiro atoms. The Labute approximate surface area is 121 Å². The molecule has 21 heavy (non-hydrogen) atoms. The Morgan fingerprint density at radius 2 is 2.10 bits per heavy atom. The molecule has 3 heterocycles. The molecule has 5 heteroatoms. The van der Waals surface area contributed by atoms with Gasteiger partial charge in [-0.25, -0.2) is 4.98 Å². The molecule has 3 aromatic rings. The van der Waals surface area contributed by atoms with Crippen LogP contribution in [0.25, 0.3) is 16.9 Å². The topological polar surface area (TPSA) is 56.0 Å². The van der Waals surface area contributed by atoms with Gasteiger partial charge >= 0.3 is 0 Å². The summed E-state index contributed by atoms with van der Waals surface area (Å²) in [5.74, 6) is 1.45. The predicted octanol–water partition coefficient (Wildman–Crippen LogP) is 2.53. The van der Waals surface area contributed by atoms with Crippen LogP contribution in [0.2, 0.25) is 0 Å². The van der Waals surface area contributed by atoms with Gasteiger partial charge in [0.25, 0.3) is 0 Å². The maximum absolute atomic E-state index is 9.73. The van der Waals surface area contributed by atoms with E-state index in [1.165, 1.54) is 0 Å². The van der Waals surface area contributed by atoms with Crippen LogP contribution < -0.4 is 9.47 Å². The third kappa shape index (κ3) is 1.78. The van der Waals surface area contributed by atoms with E-state index in [1.807, 2.05) is 47.9 Å². The molecule has 4 rings (SSSR count). The number of ether oxygens (including phenoxy) is 2. The number of imidazole rings is 1. The maximum Gasteiger partial charge on any atom is 0.231 e. The molecule has 0 atom stereocenters. The summed E-state index contributed by atoms with van der Waals surface area (Å²) in [5.41, 5.74) is 4.37. The lowest BCUT2D eigenvalue weighted by atomic mass is 10.1. The fraction of sp³-hybridized carbons (Fsp3) is 0.188. The molecule has 0 bridgehead atoms. The first kappa shape index (κ1) is 12.2. The zero-order valence-corrected chi connectivity index (χ0v) is 11.5. The standard InChI is InChI=1S/C16H14N2O3/c1-10-3-2-6-18-12(8-19)15(17-16(10)18)11-4-5-13-14(7-11)21-9-20-13/h2-7,19H,8-9H2,1H3. The number of rotatable bonds is 2. The first-order valence-corrected chi connectivity index (χ1v) is 6.75. The average molecular weight is 282 g/mol. The van der Waals surface area contributed by atoms with Crippen molar-refractivity contribution < 1.29 is 14.6 Å². The van der Waals surface area contributed by atoms with Crippen LogP contribution >= 0.6 is 0 Å². The van der Waals surface area contributed by atoms with Crippen LogP contribution in [0.3, 0.4) is 0 Å². The van der Waals surface area contributed by atoms with E-state index < -0.39 is 0 Å². The number of nitrogens with zero attached hydrogens (tertiary/aromatic N) is 2. The molecule has 1 aromatic carbocycles. The zero-order chi connectivity index (χ0) is 14.4. The monoisotopic (exact) mass is 282 g/mol. The van der Waals surface area contributed by atoms with Crippen LogP contribution in [0, 0.1) is 6.92 Å². The van der Waals surface area contributed by atoms with Gasteiger partial charge in [0.2, 0.25) is 6.79 Å². The van der Waals surface area contributed by atoms with Crippen molar-refractivity contribution in [3.63, 3.8) is 0 Å². The minimum Gasteiger partial charge on any atom is -0.454 e. The zero-order valence-electron chi connectivity index (χ0n) is 11.5. The van der Waals surface area contributed by atoms with Crippen molar-refractivity contribution in [2.45, 2.75) is 13.5 Å². The summed E-state index contributed by atoms with van der Waals surface area (Å²) in [4.78, 5) is 4.69. The van der Waals surface area contributed by atoms with Gasteiger partial charge in [0, 0.05) is 11.8 Å². The number of aliphatic hydroxyl groups excluding tert-OH is 1. The fourth-order valence-corrected chi connectivity index (χ4v) is 2.68. The highest BCUT2D eigenvalue weighted by Crippen LogP contribution is 2.36. The number of hydrogen-bond acceptors (Lipinski definition) is 4. The van der Waals surface area contributed by atoms with Gasteiger partial charge in [-0.15, -0.1) is 0 Å². The van der Waals surface area contributed by atoms with Gasteiger partial charge in [-0.05, 0) is 36.8 Å². The van der Waals surface area contributed by atoms with Gasteiger partial charge in [-0.2, -0.15) is 0 Å². The highest BCUT2D eigenvalue weighted by molar-refractivity contribution is 5.70. The highest BCUT2D eigenvalue weighted by Gasteiger charge is 2.18. The van der Waals surface area contributed by atoms with Crippen molar-refractivity contribution in [3.8, 4) is 22.8 Å². The molecule has 0 aliphatic carbocycles. The summed E-state index contributed by atoms with van der Waals surface area (Å²) in [6.07, 6.45) is 1.91. The van der Waals surface area contributed by atoms with E-state index >= 15 is 0 Å². The van der Waals surface area contributed by atoms with E-state index in [-0.39, 0.29) is 13.4 Å². The minimum absolute atomic E-state index is 0.0750. The third-order valence-corrected chi connectivity index (χ3v) is 3.74. The van der Waals surface area contributed by atoms with Crippen LogP contribution in [-0.4, -0.2) is 21.3 Å². The number of aryl methyl sites for hydroxylation is 1. The van der Waals surface area contributed by atoms with E-state index in [0.717, 1.165) is 33.9 Å². The van der Waals surface area contributed by atoms with Crippen molar-refractivity contribution >= 4 is 5.65 Å². The Kier molecular flexibility index (Phi) is 2.62. The number of benzene rings is 1. The predicted molar refractivity (Wildman–Crippen MR) is 77.4 cm³/mol. The Balaban J connectivity index is 1.96. The normalized spacial score (nSPS) is 13.0. The molecule has 2 aromatic heterocycles. The van der Waals surface area contributed by atoms with Crippen molar-refractivity contribution in [1.29, 1.82) is 0 Å².